The van der Waals surface area contributed by atoms with Crippen molar-refractivity contribution in [1.29, 1.82) is 0 Å². The fourth-order valence-corrected chi connectivity index (χ4v) is 1.85. The molecule has 0 amide bonds. The third-order valence-corrected chi connectivity index (χ3v) is 2.86. The summed E-state index contributed by atoms with van der Waals surface area (Å²) in [5.74, 6) is -0.505. The molecule has 0 radical (unpaired) electrons. The number of halogens is 1. The van der Waals surface area contributed by atoms with Crippen molar-refractivity contribution in [2.45, 2.75) is 13.0 Å². The maximum Gasteiger partial charge on any atom is 0.146 e. The van der Waals surface area contributed by atoms with Gasteiger partial charge in [-0.05, 0) is 24.1 Å². The largest absolute Gasteiger partial charge is 0.396 e. The Morgan fingerprint density at radius 1 is 1.06 bits per heavy atom. The van der Waals surface area contributed by atoms with E-state index in [4.69, 9.17) is 5.73 Å². The second-order valence-electron chi connectivity index (χ2n) is 4.00. The zero-order chi connectivity index (χ0) is 12.4. The Bertz CT molecular complexity index is 539. The van der Waals surface area contributed by atoms with Crippen molar-refractivity contribution in [2.24, 2.45) is 0 Å². The van der Waals surface area contributed by atoms with Gasteiger partial charge in [-0.15, -0.1) is 0 Å². The lowest BCUT2D eigenvalue weighted by Crippen LogP contribution is -2.06. The van der Waals surface area contributed by atoms with Crippen LogP contribution in [0.25, 0.3) is 0 Å². The Morgan fingerprint density at radius 3 is 2.41 bits per heavy atom. The molecule has 2 aromatic carbocycles. The number of anilines is 1. The number of hydrogen-bond donors (Lipinski definition) is 2. The summed E-state index contributed by atoms with van der Waals surface area (Å²) in [7, 11) is 0. The van der Waals surface area contributed by atoms with Crippen molar-refractivity contribution in [2.75, 3.05) is 5.73 Å². The van der Waals surface area contributed by atoms with Gasteiger partial charge >= 0.3 is 0 Å². The number of rotatable bonds is 2. The zero-order valence-corrected chi connectivity index (χ0v) is 9.52. The van der Waals surface area contributed by atoms with Gasteiger partial charge in [0.15, 0.2) is 0 Å². The minimum Gasteiger partial charge on any atom is -0.396 e. The molecule has 2 aromatic rings. The van der Waals surface area contributed by atoms with E-state index in [2.05, 4.69) is 0 Å². The number of benzene rings is 2. The molecule has 2 rings (SSSR count). The highest BCUT2D eigenvalue weighted by Gasteiger charge is 2.16. The third kappa shape index (κ3) is 2.15. The summed E-state index contributed by atoms with van der Waals surface area (Å²) in [5, 5.41) is 10.2. The monoisotopic (exact) mass is 231 g/mol. The van der Waals surface area contributed by atoms with E-state index in [0.29, 0.717) is 5.56 Å². The number of aliphatic hydroxyl groups is 1. The van der Waals surface area contributed by atoms with Gasteiger partial charge in [-0.2, -0.15) is 0 Å². The van der Waals surface area contributed by atoms with Crippen LogP contribution in [0.1, 0.15) is 22.8 Å². The van der Waals surface area contributed by atoms with E-state index < -0.39 is 11.9 Å². The first-order chi connectivity index (χ1) is 8.11. The maximum absolute atomic E-state index is 13.3. The lowest BCUT2D eigenvalue weighted by molar-refractivity contribution is 0.220. The first kappa shape index (κ1) is 11.6. The van der Waals surface area contributed by atoms with Crippen LogP contribution in [0.4, 0.5) is 10.1 Å². The van der Waals surface area contributed by atoms with Gasteiger partial charge in [0.05, 0.1) is 5.69 Å². The minimum absolute atomic E-state index is 0.00301. The number of aryl methyl sites for hydroxylation is 1. The molecule has 0 saturated heterocycles. The number of aliphatic hydroxyl groups excluding tert-OH is 1. The fraction of sp³-hybridized carbons (Fsp3) is 0.143. The molecular formula is C14H14FNO. The molecule has 0 aliphatic rings. The Labute approximate surface area is 99.5 Å². The Hall–Kier alpha value is -1.87. The van der Waals surface area contributed by atoms with Crippen LogP contribution in [0.15, 0.2) is 42.5 Å². The van der Waals surface area contributed by atoms with Crippen LogP contribution < -0.4 is 5.73 Å². The molecule has 0 aliphatic carbocycles. The molecule has 3 heteroatoms. The van der Waals surface area contributed by atoms with Crippen LogP contribution in [0.3, 0.4) is 0 Å². The van der Waals surface area contributed by atoms with Crippen molar-refractivity contribution in [3.05, 3.63) is 65.0 Å². The van der Waals surface area contributed by atoms with Gasteiger partial charge in [-0.1, -0.05) is 36.4 Å². The van der Waals surface area contributed by atoms with E-state index in [-0.39, 0.29) is 5.69 Å². The lowest BCUT2D eigenvalue weighted by atomic mass is 9.96. The summed E-state index contributed by atoms with van der Waals surface area (Å²) in [6.45, 7) is 1.90. The summed E-state index contributed by atoms with van der Waals surface area (Å²) < 4.78 is 13.3. The van der Waals surface area contributed by atoms with Crippen molar-refractivity contribution in [1.82, 2.24) is 0 Å². The summed E-state index contributed by atoms with van der Waals surface area (Å²) in [6, 6.07) is 11.9. The van der Waals surface area contributed by atoms with Crippen molar-refractivity contribution in [3.63, 3.8) is 0 Å². The molecule has 0 heterocycles. The number of para-hydroxylation sites is 1. The topological polar surface area (TPSA) is 46.2 Å². The average molecular weight is 231 g/mol. The summed E-state index contributed by atoms with van der Waals surface area (Å²) >= 11 is 0. The van der Waals surface area contributed by atoms with Gasteiger partial charge in [0.25, 0.3) is 0 Å². The van der Waals surface area contributed by atoms with Gasteiger partial charge in [0.1, 0.15) is 11.9 Å². The molecule has 0 aromatic heterocycles. The Balaban J connectivity index is 2.48. The first-order valence-corrected chi connectivity index (χ1v) is 5.38. The van der Waals surface area contributed by atoms with Crippen molar-refractivity contribution in [3.8, 4) is 0 Å². The van der Waals surface area contributed by atoms with E-state index in [9.17, 15) is 9.50 Å². The van der Waals surface area contributed by atoms with Crippen LogP contribution >= 0.6 is 0 Å². The van der Waals surface area contributed by atoms with Crippen LogP contribution in [0.2, 0.25) is 0 Å². The Kier molecular flexibility index (Phi) is 3.11. The second kappa shape index (κ2) is 4.55. The highest BCUT2D eigenvalue weighted by molar-refractivity contribution is 5.52. The number of nitrogens with two attached hydrogens (primary N) is 1. The van der Waals surface area contributed by atoms with Crippen LogP contribution in [-0.2, 0) is 0 Å². The highest BCUT2D eigenvalue weighted by Crippen LogP contribution is 2.29. The summed E-state index contributed by atoms with van der Waals surface area (Å²) in [5.41, 5.74) is 7.73. The average Bonchev–Trinajstić information content (AvgIpc) is 2.32. The normalized spacial score (nSPS) is 12.4. The number of nitrogen functional groups attached to an aromatic ring is 1. The molecule has 0 fully saturated rings. The molecule has 0 bridgehead atoms. The molecule has 3 N–H and O–H groups in total. The molecule has 0 saturated carbocycles. The molecule has 88 valence electrons. The van der Waals surface area contributed by atoms with Gasteiger partial charge in [0, 0.05) is 5.56 Å². The predicted octanol–water partition coefficient (Wildman–Crippen LogP) is 2.80. The molecule has 0 aliphatic heterocycles. The van der Waals surface area contributed by atoms with E-state index in [0.717, 1.165) is 11.1 Å². The third-order valence-electron chi connectivity index (χ3n) is 2.86. The summed E-state index contributed by atoms with van der Waals surface area (Å²) in [4.78, 5) is 0. The van der Waals surface area contributed by atoms with E-state index >= 15 is 0 Å². The standard InChI is InChI=1S/C14H14FNO/c1-9-5-2-3-6-10(9)14(17)11-7-4-8-12(15)13(11)16/h2-8,14,17H,16H2,1H3. The van der Waals surface area contributed by atoms with E-state index in [1.165, 1.54) is 6.07 Å². The SMILES string of the molecule is Cc1ccccc1C(O)c1cccc(F)c1N. The molecule has 2 nitrogen and oxygen atoms in total. The van der Waals surface area contributed by atoms with E-state index in [1.807, 2.05) is 31.2 Å². The molecule has 17 heavy (non-hydrogen) atoms. The van der Waals surface area contributed by atoms with Crippen LogP contribution in [0.5, 0.6) is 0 Å². The Morgan fingerprint density at radius 2 is 1.71 bits per heavy atom. The van der Waals surface area contributed by atoms with Gasteiger partial charge in [0.2, 0.25) is 0 Å². The smallest absolute Gasteiger partial charge is 0.146 e. The quantitative estimate of drug-likeness (QED) is 0.781. The molecular weight excluding hydrogens is 217 g/mol. The lowest BCUT2D eigenvalue weighted by Gasteiger charge is -2.16. The zero-order valence-electron chi connectivity index (χ0n) is 9.52. The molecule has 0 spiro atoms. The molecule has 1 unspecified atom stereocenters. The van der Waals surface area contributed by atoms with Crippen LogP contribution in [-0.4, -0.2) is 5.11 Å². The van der Waals surface area contributed by atoms with Crippen LogP contribution in [0, 0.1) is 12.7 Å². The van der Waals surface area contributed by atoms with Gasteiger partial charge in [-0.3, -0.25) is 0 Å². The second-order valence-corrected chi connectivity index (χ2v) is 4.00. The number of hydrogen-bond acceptors (Lipinski definition) is 2. The van der Waals surface area contributed by atoms with E-state index in [1.54, 1.807) is 12.1 Å². The fourth-order valence-electron chi connectivity index (χ4n) is 1.85. The van der Waals surface area contributed by atoms with Crippen molar-refractivity contribution >= 4 is 5.69 Å². The first-order valence-electron chi connectivity index (χ1n) is 5.38. The predicted molar refractivity (Wildman–Crippen MR) is 66.1 cm³/mol. The highest BCUT2D eigenvalue weighted by atomic mass is 19.1. The maximum atomic E-state index is 13.3. The summed E-state index contributed by atoms with van der Waals surface area (Å²) in [6.07, 6.45) is -0.896. The van der Waals surface area contributed by atoms with Crippen molar-refractivity contribution < 1.29 is 9.50 Å². The molecule has 1 atom stereocenters. The van der Waals surface area contributed by atoms with Gasteiger partial charge in [-0.25, -0.2) is 4.39 Å². The van der Waals surface area contributed by atoms with Gasteiger partial charge < -0.3 is 10.8 Å². The minimum atomic E-state index is -0.896.